The Kier molecular flexibility index (Phi) is 7.59. The van der Waals surface area contributed by atoms with E-state index in [4.69, 9.17) is 4.74 Å². The molecule has 2 unspecified atom stereocenters. The number of hydrogen-bond acceptors (Lipinski definition) is 4. The Hall–Kier alpha value is -2.54. The Bertz CT molecular complexity index is 886. The van der Waals surface area contributed by atoms with E-state index in [1.54, 1.807) is 0 Å². The molecule has 7 heteroatoms. The minimum Gasteiger partial charge on any atom is -0.444 e. The zero-order valence-electron chi connectivity index (χ0n) is 19.2. The number of piperidine rings is 1. The molecule has 1 fully saturated rings. The summed E-state index contributed by atoms with van der Waals surface area (Å²) in [5.74, 6) is 0.378. The van der Waals surface area contributed by atoms with E-state index >= 15 is 0 Å². The molecule has 3 rings (SSSR count). The van der Waals surface area contributed by atoms with Gasteiger partial charge in [0, 0.05) is 36.7 Å². The van der Waals surface area contributed by atoms with Crippen LogP contribution in [0.5, 0.6) is 0 Å². The van der Waals surface area contributed by atoms with Gasteiger partial charge in [-0.2, -0.15) is 0 Å². The number of amides is 2. The van der Waals surface area contributed by atoms with Gasteiger partial charge < -0.3 is 20.4 Å². The maximum atomic E-state index is 12.7. The number of hydrogen-bond donors (Lipinski definition) is 3. The molecule has 0 spiro atoms. The van der Waals surface area contributed by atoms with Gasteiger partial charge in [0.25, 0.3) is 0 Å². The first-order chi connectivity index (χ1) is 14.7. The van der Waals surface area contributed by atoms with Crippen LogP contribution < -0.4 is 10.6 Å². The van der Waals surface area contributed by atoms with Crippen molar-refractivity contribution in [3.63, 3.8) is 0 Å². The lowest BCUT2D eigenvalue weighted by Gasteiger charge is -2.36. The van der Waals surface area contributed by atoms with Crippen LogP contribution in [0.2, 0.25) is 0 Å². The molecule has 7 nitrogen and oxygen atoms in total. The van der Waals surface area contributed by atoms with Crippen molar-refractivity contribution in [1.29, 1.82) is 0 Å². The van der Waals surface area contributed by atoms with Crippen molar-refractivity contribution in [3.05, 3.63) is 36.0 Å². The van der Waals surface area contributed by atoms with Gasteiger partial charge in [0.1, 0.15) is 5.60 Å². The summed E-state index contributed by atoms with van der Waals surface area (Å²) in [6.45, 7) is 10.4. The number of carbonyl (C=O) groups is 2. The SMILES string of the molecule is CC(C(=O)NCCc1c[nH]c2ccccc12)N1CCCC(CNC(=O)OC(C)(C)C)C1. The molecule has 0 radical (unpaired) electrons. The number of aromatic amines is 1. The largest absolute Gasteiger partial charge is 0.444 e. The van der Waals surface area contributed by atoms with Gasteiger partial charge in [0.05, 0.1) is 6.04 Å². The molecule has 0 bridgehead atoms. The number of fused-ring (bicyclic) bond motifs is 1. The van der Waals surface area contributed by atoms with Gasteiger partial charge in [-0.15, -0.1) is 0 Å². The fourth-order valence-electron chi connectivity index (χ4n) is 4.13. The molecule has 2 amide bonds. The topological polar surface area (TPSA) is 86.5 Å². The highest BCUT2D eigenvalue weighted by Crippen LogP contribution is 2.19. The predicted molar refractivity (Wildman–Crippen MR) is 123 cm³/mol. The number of benzene rings is 1. The van der Waals surface area contributed by atoms with Gasteiger partial charge in [-0.1, -0.05) is 18.2 Å². The van der Waals surface area contributed by atoms with Gasteiger partial charge in [0.15, 0.2) is 0 Å². The molecule has 31 heavy (non-hydrogen) atoms. The molecule has 3 N–H and O–H groups in total. The van der Waals surface area contributed by atoms with Crippen LogP contribution in [0.4, 0.5) is 4.79 Å². The summed E-state index contributed by atoms with van der Waals surface area (Å²) in [5, 5.41) is 7.17. The highest BCUT2D eigenvalue weighted by molar-refractivity contribution is 5.83. The summed E-state index contributed by atoms with van der Waals surface area (Å²) in [6, 6.07) is 8.02. The summed E-state index contributed by atoms with van der Waals surface area (Å²) in [5.41, 5.74) is 1.84. The second-order valence-electron chi connectivity index (χ2n) is 9.46. The molecule has 1 aromatic carbocycles. The molecule has 2 aromatic rings. The summed E-state index contributed by atoms with van der Waals surface area (Å²) in [6.07, 6.45) is 4.50. The number of para-hydroxylation sites is 1. The summed E-state index contributed by atoms with van der Waals surface area (Å²) >= 11 is 0. The minimum absolute atomic E-state index is 0.0561. The predicted octanol–water partition coefficient (Wildman–Crippen LogP) is 3.45. The normalized spacial score (nSPS) is 18.5. The number of ether oxygens (including phenoxy) is 1. The molecular weight excluding hydrogens is 392 g/mol. The average Bonchev–Trinajstić information content (AvgIpc) is 3.14. The van der Waals surface area contributed by atoms with E-state index in [9.17, 15) is 9.59 Å². The maximum absolute atomic E-state index is 12.7. The Morgan fingerprint density at radius 1 is 1.26 bits per heavy atom. The average molecular weight is 429 g/mol. The fourth-order valence-corrected chi connectivity index (χ4v) is 4.13. The monoisotopic (exact) mass is 428 g/mol. The van der Waals surface area contributed by atoms with Crippen molar-refractivity contribution >= 4 is 22.9 Å². The first-order valence-electron chi connectivity index (χ1n) is 11.3. The standard InChI is InChI=1S/C24H36N4O3/c1-17(22(29)25-12-11-19-15-26-21-10-6-5-9-20(19)21)28-13-7-8-18(16-28)14-27-23(30)31-24(2,3)4/h5-6,9-10,15,17-18,26H,7-8,11-14,16H2,1-4H3,(H,25,29)(H,27,30). The summed E-state index contributed by atoms with van der Waals surface area (Å²) < 4.78 is 5.31. The highest BCUT2D eigenvalue weighted by atomic mass is 16.6. The lowest BCUT2D eigenvalue weighted by atomic mass is 9.96. The number of carbonyl (C=O) groups excluding carboxylic acids is 2. The molecule has 0 saturated carbocycles. The second kappa shape index (κ2) is 10.2. The second-order valence-corrected chi connectivity index (χ2v) is 9.46. The van der Waals surface area contributed by atoms with Crippen LogP contribution in [0, 0.1) is 5.92 Å². The molecule has 170 valence electrons. The smallest absolute Gasteiger partial charge is 0.407 e. The van der Waals surface area contributed by atoms with E-state index in [0.29, 0.717) is 19.0 Å². The number of alkyl carbamates (subject to hydrolysis) is 1. The van der Waals surface area contributed by atoms with Crippen LogP contribution in [0.25, 0.3) is 10.9 Å². The van der Waals surface area contributed by atoms with E-state index in [2.05, 4.69) is 32.7 Å². The van der Waals surface area contributed by atoms with Gasteiger partial charge >= 0.3 is 6.09 Å². The zero-order valence-corrected chi connectivity index (χ0v) is 19.2. The maximum Gasteiger partial charge on any atom is 0.407 e. The van der Waals surface area contributed by atoms with Crippen molar-refractivity contribution in [1.82, 2.24) is 20.5 Å². The Morgan fingerprint density at radius 2 is 2.03 bits per heavy atom. The lowest BCUT2D eigenvalue weighted by Crippen LogP contribution is -2.51. The van der Waals surface area contributed by atoms with Crippen molar-refractivity contribution < 1.29 is 14.3 Å². The molecule has 0 aliphatic carbocycles. The lowest BCUT2D eigenvalue weighted by molar-refractivity contribution is -0.126. The number of nitrogens with one attached hydrogen (secondary N) is 3. The third-order valence-electron chi connectivity index (χ3n) is 5.78. The van der Waals surface area contributed by atoms with E-state index < -0.39 is 5.60 Å². The van der Waals surface area contributed by atoms with Crippen LogP contribution in [0.3, 0.4) is 0 Å². The first kappa shape index (κ1) is 23.1. The third kappa shape index (κ3) is 6.72. The Labute approximate surface area is 184 Å². The first-order valence-corrected chi connectivity index (χ1v) is 11.3. The third-order valence-corrected chi connectivity index (χ3v) is 5.78. The van der Waals surface area contributed by atoms with Crippen LogP contribution in [-0.4, -0.2) is 59.7 Å². The van der Waals surface area contributed by atoms with Crippen LogP contribution in [-0.2, 0) is 16.0 Å². The van der Waals surface area contributed by atoms with Gasteiger partial charge in [-0.05, 0) is 71.0 Å². The van der Waals surface area contributed by atoms with Gasteiger partial charge in [-0.25, -0.2) is 4.79 Å². The van der Waals surface area contributed by atoms with Gasteiger partial charge in [-0.3, -0.25) is 9.69 Å². The van der Waals surface area contributed by atoms with E-state index in [1.807, 2.05) is 46.0 Å². The van der Waals surface area contributed by atoms with Crippen molar-refractivity contribution in [2.75, 3.05) is 26.2 Å². The fraction of sp³-hybridized carbons (Fsp3) is 0.583. The van der Waals surface area contributed by atoms with E-state index in [1.165, 1.54) is 10.9 Å². The van der Waals surface area contributed by atoms with Crippen molar-refractivity contribution in [3.8, 4) is 0 Å². The minimum atomic E-state index is -0.498. The van der Waals surface area contributed by atoms with Crippen molar-refractivity contribution in [2.45, 2.75) is 58.6 Å². The number of rotatable bonds is 7. The Morgan fingerprint density at radius 3 is 2.81 bits per heavy atom. The number of aromatic nitrogens is 1. The molecule has 1 aromatic heterocycles. The van der Waals surface area contributed by atoms with E-state index in [0.717, 1.165) is 37.9 Å². The number of nitrogens with zero attached hydrogens (tertiary/aromatic N) is 1. The number of H-pyrrole nitrogens is 1. The highest BCUT2D eigenvalue weighted by Gasteiger charge is 2.28. The number of likely N-dealkylation sites (tertiary alicyclic amines) is 1. The zero-order chi connectivity index (χ0) is 22.4. The van der Waals surface area contributed by atoms with Crippen molar-refractivity contribution in [2.24, 2.45) is 5.92 Å². The van der Waals surface area contributed by atoms with Gasteiger partial charge in [0.2, 0.25) is 5.91 Å². The molecule has 2 heterocycles. The van der Waals surface area contributed by atoms with E-state index in [-0.39, 0.29) is 18.0 Å². The summed E-state index contributed by atoms with van der Waals surface area (Å²) in [4.78, 5) is 30.1. The molecule has 2 atom stereocenters. The quantitative estimate of drug-likeness (QED) is 0.630. The van der Waals surface area contributed by atoms with Crippen LogP contribution in [0.15, 0.2) is 30.5 Å². The Balaban J connectivity index is 1.42. The molecule has 1 saturated heterocycles. The summed E-state index contributed by atoms with van der Waals surface area (Å²) in [7, 11) is 0. The molecular formula is C24H36N4O3. The molecule has 1 aliphatic heterocycles. The van der Waals surface area contributed by atoms with Crippen LogP contribution >= 0.6 is 0 Å². The molecule has 1 aliphatic rings. The van der Waals surface area contributed by atoms with Crippen LogP contribution in [0.1, 0.15) is 46.1 Å².